The molecular formula is C17H20FNO3S. The fourth-order valence-corrected chi connectivity index (χ4v) is 3.96. The molecule has 4 nitrogen and oxygen atoms in total. The monoisotopic (exact) mass is 337 g/mol. The maximum absolute atomic E-state index is 13.9. The van der Waals surface area contributed by atoms with Gasteiger partial charge in [0.15, 0.2) is 0 Å². The maximum Gasteiger partial charge on any atom is 0.246 e. The summed E-state index contributed by atoms with van der Waals surface area (Å²) in [5.74, 6) is 1.80. The number of nitrogens with zero attached hydrogens (tertiary/aromatic N) is 1. The van der Waals surface area contributed by atoms with Crippen LogP contribution in [-0.2, 0) is 16.6 Å². The Balaban J connectivity index is 1.80. The number of halogens is 1. The molecule has 0 saturated heterocycles. The van der Waals surface area contributed by atoms with Crippen LogP contribution in [0.5, 0.6) is 0 Å². The van der Waals surface area contributed by atoms with Gasteiger partial charge in [-0.05, 0) is 49.1 Å². The summed E-state index contributed by atoms with van der Waals surface area (Å²) in [5, 5.41) is 0. The summed E-state index contributed by atoms with van der Waals surface area (Å²) in [7, 11) is -2.47. The Morgan fingerprint density at radius 3 is 2.65 bits per heavy atom. The Labute approximate surface area is 136 Å². The Morgan fingerprint density at radius 2 is 2.00 bits per heavy atom. The second-order valence-electron chi connectivity index (χ2n) is 6.32. The van der Waals surface area contributed by atoms with E-state index < -0.39 is 15.8 Å². The van der Waals surface area contributed by atoms with Crippen LogP contribution in [0, 0.1) is 18.7 Å². The third-order valence-electron chi connectivity index (χ3n) is 4.31. The van der Waals surface area contributed by atoms with E-state index in [1.165, 1.54) is 19.2 Å². The summed E-state index contributed by atoms with van der Waals surface area (Å²) < 4.78 is 45.9. The molecule has 1 heterocycles. The molecule has 0 aliphatic heterocycles. The van der Waals surface area contributed by atoms with Gasteiger partial charge in [-0.1, -0.05) is 13.0 Å². The number of aryl methyl sites for hydroxylation is 1. The molecule has 1 aliphatic rings. The van der Waals surface area contributed by atoms with E-state index in [1.807, 2.05) is 6.07 Å². The summed E-state index contributed by atoms with van der Waals surface area (Å²) in [4.78, 5) is -0.303. The van der Waals surface area contributed by atoms with Crippen LogP contribution >= 0.6 is 0 Å². The highest BCUT2D eigenvalue weighted by molar-refractivity contribution is 7.89. The quantitative estimate of drug-likeness (QED) is 0.836. The first-order valence-corrected chi connectivity index (χ1v) is 9.04. The van der Waals surface area contributed by atoms with Gasteiger partial charge in [0.25, 0.3) is 0 Å². The molecule has 2 atom stereocenters. The van der Waals surface area contributed by atoms with E-state index >= 15 is 0 Å². The van der Waals surface area contributed by atoms with E-state index in [0.29, 0.717) is 23.2 Å². The normalized spacial score (nSPS) is 20.9. The zero-order valence-electron chi connectivity index (χ0n) is 13.4. The van der Waals surface area contributed by atoms with Crippen molar-refractivity contribution < 1.29 is 17.2 Å². The van der Waals surface area contributed by atoms with Gasteiger partial charge in [0, 0.05) is 13.0 Å². The molecule has 1 saturated carbocycles. The highest BCUT2D eigenvalue weighted by atomic mass is 32.2. The van der Waals surface area contributed by atoms with Gasteiger partial charge in [-0.15, -0.1) is 0 Å². The van der Waals surface area contributed by atoms with Gasteiger partial charge in [0.2, 0.25) is 10.0 Å². The lowest BCUT2D eigenvalue weighted by atomic mass is 10.2. The molecule has 1 aliphatic carbocycles. The van der Waals surface area contributed by atoms with Crippen LogP contribution in [0.25, 0.3) is 0 Å². The van der Waals surface area contributed by atoms with Crippen molar-refractivity contribution in [3.63, 3.8) is 0 Å². The van der Waals surface area contributed by atoms with Gasteiger partial charge >= 0.3 is 0 Å². The van der Waals surface area contributed by atoms with Gasteiger partial charge in [-0.3, -0.25) is 0 Å². The van der Waals surface area contributed by atoms with Gasteiger partial charge in [-0.2, -0.15) is 4.31 Å². The molecule has 124 valence electrons. The summed E-state index contributed by atoms with van der Waals surface area (Å²) in [6.45, 7) is 3.97. The van der Waals surface area contributed by atoms with Crippen molar-refractivity contribution in [2.75, 3.05) is 7.05 Å². The van der Waals surface area contributed by atoms with Crippen LogP contribution in [0.15, 0.2) is 39.6 Å². The molecule has 6 heteroatoms. The minimum Gasteiger partial charge on any atom is -0.464 e. The van der Waals surface area contributed by atoms with Gasteiger partial charge in [-0.25, -0.2) is 12.8 Å². The van der Waals surface area contributed by atoms with Crippen LogP contribution in [-0.4, -0.2) is 19.8 Å². The minimum absolute atomic E-state index is 0.0802. The number of furan rings is 1. The lowest BCUT2D eigenvalue weighted by Crippen LogP contribution is -2.27. The molecule has 3 rings (SSSR count). The molecule has 2 aromatic rings. The van der Waals surface area contributed by atoms with Crippen molar-refractivity contribution in [1.29, 1.82) is 0 Å². The molecule has 0 N–H and O–H groups in total. The van der Waals surface area contributed by atoms with E-state index in [9.17, 15) is 12.8 Å². The number of rotatable bonds is 5. The first-order valence-electron chi connectivity index (χ1n) is 7.60. The first kappa shape index (κ1) is 16.2. The minimum atomic E-state index is -3.90. The molecule has 1 aromatic carbocycles. The molecule has 0 unspecified atom stereocenters. The third-order valence-corrected chi connectivity index (χ3v) is 6.13. The van der Waals surface area contributed by atoms with Crippen LogP contribution in [0.3, 0.4) is 0 Å². The van der Waals surface area contributed by atoms with Gasteiger partial charge in [0.1, 0.15) is 22.2 Å². The summed E-state index contributed by atoms with van der Waals surface area (Å²) >= 11 is 0. The van der Waals surface area contributed by atoms with Crippen molar-refractivity contribution in [2.45, 2.75) is 37.6 Å². The van der Waals surface area contributed by atoms with E-state index in [2.05, 4.69) is 6.92 Å². The van der Waals surface area contributed by atoms with E-state index in [1.54, 1.807) is 19.1 Å². The van der Waals surface area contributed by atoms with Crippen molar-refractivity contribution >= 4 is 10.0 Å². The van der Waals surface area contributed by atoms with Crippen molar-refractivity contribution in [2.24, 2.45) is 5.92 Å². The number of hydrogen-bond acceptors (Lipinski definition) is 3. The highest BCUT2D eigenvalue weighted by Crippen LogP contribution is 2.47. The lowest BCUT2D eigenvalue weighted by molar-refractivity contribution is 0.388. The zero-order chi connectivity index (χ0) is 16.8. The number of benzene rings is 1. The first-order chi connectivity index (χ1) is 10.8. The van der Waals surface area contributed by atoms with Crippen molar-refractivity contribution in [1.82, 2.24) is 4.31 Å². The highest BCUT2D eigenvalue weighted by Gasteiger charge is 2.36. The Hall–Kier alpha value is -1.66. The molecule has 23 heavy (non-hydrogen) atoms. The largest absolute Gasteiger partial charge is 0.464 e. The van der Waals surface area contributed by atoms with Gasteiger partial charge in [0.05, 0.1) is 6.54 Å². The van der Waals surface area contributed by atoms with E-state index in [0.717, 1.165) is 16.5 Å². The predicted octanol–water partition coefficient (Wildman–Crippen LogP) is 3.67. The van der Waals surface area contributed by atoms with Crippen LogP contribution < -0.4 is 0 Å². The molecule has 1 aromatic heterocycles. The van der Waals surface area contributed by atoms with Crippen molar-refractivity contribution in [3.05, 3.63) is 53.2 Å². The summed E-state index contributed by atoms with van der Waals surface area (Å²) in [6, 6.07) is 7.76. The lowest BCUT2D eigenvalue weighted by Gasteiger charge is -2.16. The summed E-state index contributed by atoms with van der Waals surface area (Å²) in [6.07, 6.45) is 1.11. The molecule has 0 radical (unpaired) electrons. The van der Waals surface area contributed by atoms with E-state index in [4.69, 9.17) is 4.42 Å². The van der Waals surface area contributed by atoms with Crippen molar-refractivity contribution in [3.8, 4) is 0 Å². The molecule has 0 spiro atoms. The van der Waals surface area contributed by atoms with E-state index in [-0.39, 0.29) is 11.4 Å². The van der Waals surface area contributed by atoms with Crippen LogP contribution in [0.2, 0.25) is 0 Å². The number of sulfonamides is 1. The maximum atomic E-state index is 13.9. The summed E-state index contributed by atoms with van der Waals surface area (Å²) in [5.41, 5.74) is 0.696. The topological polar surface area (TPSA) is 50.5 Å². The molecule has 1 fully saturated rings. The fraction of sp³-hybridized carbons (Fsp3) is 0.412. The Bertz CT molecular complexity index is 828. The second kappa shape index (κ2) is 5.76. The Morgan fingerprint density at radius 1 is 1.30 bits per heavy atom. The Kier molecular flexibility index (Phi) is 4.06. The standard InChI is InChI=1S/C17H20FNO3S/c1-11-4-6-15(18)17(8-11)23(20,21)19(3)10-13-5-7-16(22-13)14-9-12(14)2/h4-8,12,14H,9-10H2,1-3H3/t12-,14-/m1/s1. The van der Waals surface area contributed by atoms with Crippen LogP contribution in [0.4, 0.5) is 4.39 Å². The molecule has 0 bridgehead atoms. The molecule has 0 amide bonds. The van der Waals surface area contributed by atoms with Crippen LogP contribution in [0.1, 0.15) is 36.3 Å². The number of hydrogen-bond donors (Lipinski definition) is 0. The van der Waals surface area contributed by atoms with Gasteiger partial charge < -0.3 is 4.42 Å². The second-order valence-corrected chi connectivity index (χ2v) is 8.33. The zero-order valence-corrected chi connectivity index (χ0v) is 14.2. The fourth-order valence-electron chi connectivity index (χ4n) is 2.68. The predicted molar refractivity (Wildman–Crippen MR) is 85.0 cm³/mol. The smallest absolute Gasteiger partial charge is 0.246 e. The SMILES string of the molecule is Cc1ccc(F)c(S(=O)(=O)N(C)Cc2ccc([C@@H]3C[C@H]3C)o2)c1. The average molecular weight is 337 g/mol. The third kappa shape index (κ3) is 3.19. The molecular weight excluding hydrogens is 317 g/mol. The average Bonchev–Trinajstić information content (AvgIpc) is 3.04.